The van der Waals surface area contributed by atoms with E-state index < -0.39 is 0 Å². The van der Waals surface area contributed by atoms with Gasteiger partial charge < -0.3 is 14.2 Å². The van der Waals surface area contributed by atoms with E-state index in [1.165, 1.54) is 131 Å². The number of fused-ring (bicyclic) bond motifs is 12. The van der Waals surface area contributed by atoms with Gasteiger partial charge in [0.1, 0.15) is 5.58 Å². The van der Waals surface area contributed by atoms with E-state index in [2.05, 4.69) is 247 Å². The van der Waals surface area contributed by atoms with Crippen LogP contribution in [0.2, 0.25) is 0 Å². The summed E-state index contributed by atoms with van der Waals surface area (Å²) in [5.74, 6) is 0. The van der Waals surface area contributed by atoms with Gasteiger partial charge in [-0.1, -0.05) is 183 Å². The van der Waals surface area contributed by atoms with Crippen LogP contribution in [0.3, 0.4) is 0 Å². The van der Waals surface area contributed by atoms with Gasteiger partial charge in [-0.15, -0.1) is 0 Å². The molecule has 0 N–H and O–H groups in total. The molecule has 0 amide bonds. The lowest BCUT2D eigenvalue weighted by Gasteiger charge is -2.46. The highest BCUT2D eigenvalue weighted by Crippen LogP contribution is 2.62. The molecule has 4 heteroatoms. The monoisotopic (exact) mass is 985 g/mol. The van der Waals surface area contributed by atoms with Crippen molar-refractivity contribution in [2.75, 3.05) is 9.80 Å². The van der Waals surface area contributed by atoms with Crippen molar-refractivity contribution >= 4 is 68.4 Å². The number of hydrogen-bond donors (Lipinski definition) is 0. The summed E-state index contributed by atoms with van der Waals surface area (Å²) in [7, 11) is 0. The van der Waals surface area contributed by atoms with Crippen molar-refractivity contribution in [2.45, 2.75) is 174 Å². The molecule has 75 heavy (non-hydrogen) atoms. The minimum atomic E-state index is -0.181. The number of furan rings is 1. The Morgan fingerprint density at radius 2 is 0.947 bits per heavy atom. The molecule has 2 unspecified atom stereocenters. The van der Waals surface area contributed by atoms with Crippen LogP contribution in [0, 0.1) is 0 Å². The smallest absolute Gasteiger partial charge is 0.297 e. The Balaban J connectivity index is 1.21. The fraction of sp³-hybridized carbons (Fsp3) is 0.380. The van der Waals surface area contributed by atoms with Crippen molar-refractivity contribution in [2.24, 2.45) is 0 Å². The second-order valence-corrected chi connectivity index (χ2v) is 28.7. The normalized spacial score (nSPS) is 21.0. The van der Waals surface area contributed by atoms with Crippen LogP contribution in [0.4, 0.5) is 34.1 Å². The third-order valence-corrected chi connectivity index (χ3v) is 19.3. The van der Waals surface area contributed by atoms with Gasteiger partial charge >= 0.3 is 0 Å². The second-order valence-electron chi connectivity index (χ2n) is 28.7. The summed E-state index contributed by atoms with van der Waals surface area (Å²) >= 11 is 0. The standard InChI is InChI=1S/C71H77BN2O/c1-65(2,3)45-26-28-56(48(34-45)43-22-18-16-19-23-43)73-57-29-27-46(66(4,5)6)35-55(57)72-62-59(73)36-47(67(7,8)9)37-60(62)74(63-50-39-53-54(41-61(50)75-64(63)72)71(15)33-32-70(53,14)42-71)58-40-52-51(68(10,11)30-31-69(52,12)13)38-49(58)44-24-20-17-21-25-44/h16-29,34-41H,30-33,42H2,1-15H3. The molecule has 7 aromatic carbocycles. The first-order chi connectivity index (χ1) is 35.3. The molecule has 0 spiro atoms. The summed E-state index contributed by atoms with van der Waals surface area (Å²) in [4.78, 5) is 5.38. The zero-order valence-electron chi connectivity index (χ0n) is 47.6. The SMILES string of the molecule is CC(C)(C)c1ccc2c(c1)B1c3oc4cc5c(cc4c3N(c3cc4c(cc3-c3ccccc3)C(C)(C)CCC4(C)C)c3cc(C(C)(C)C)cc(c31)N2c1ccc(C(C)(C)C)cc1-c1ccccc1)C1(C)CCC5(C)C1. The third kappa shape index (κ3) is 7.19. The maximum absolute atomic E-state index is 7.84. The molecule has 13 rings (SSSR count). The number of hydrogen-bond acceptors (Lipinski definition) is 3. The second kappa shape index (κ2) is 15.7. The number of nitrogens with zero attached hydrogens (tertiary/aromatic N) is 2. The molecule has 380 valence electrons. The lowest BCUT2D eigenvalue weighted by Crippen LogP contribution is -2.61. The first-order valence-electron chi connectivity index (χ1n) is 28.2. The molecular formula is C71H77BN2O. The first kappa shape index (κ1) is 48.4. The molecule has 3 aliphatic carbocycles. The van der Waals surface area contributed by atoms with Crippen LogP contribution in [-0.4, -0.2) is 6.71 Å². The van der Waals surface area contributed by atoms with E-state index in [0.29, 0.717) is 0 Å². The molecule has 2 aliphatic heterocycles. The zero-order valence-corrected chi connectivity index (χ0v) is 47.6. The summed E-state index contributed by atoms with van der Waals surface area (Å²) in [6, 6.07) is 52.5. The van der Waals surface area contributed by atoms with E-state index in [9.17, 15) is 0 Å². The molecule has 3 nitrogen and oxygen atoms in total. The van der Waals surface area contributed by atoms with Gasteiger partial charge in [0.2, 0.25) is 0 Å². The molecule has 1 saturated carbocycles. The molecule has 1 aromatic heterocycles. The van der Waals surface area contributed by atoms with E-state index in [1.807, 2.05) is 0 Å². The Hall–Kier alpha value is -6.26. The van der Waals surface area contributed by atoms with Crippen LogP contribution < -0.4 is 26.4 Å². The highest BCUT2D eigenvalue weighted by molar-refractivity contribution is 7.00. The predicted molar refractivity (Wildman–Crippen MR) is 321 cm³/mol. The van der Waals surface area contributed by atoms with Gasteiger partial charge in [-0.3, -0.25) is 0 Å². The minimum Gasteiger partial charge on any atom is -0.468 e. The topological polar surface area (TPSA) is 19.6 Å². The minimum absolute atomic E-state index is 0.0165. The van der Waals surface area contributed by atoms with Gasteiger partial charge in [0, 0.05) is 33.6 Å². The largest absolute Gasteiger partial charge is 0.468 e. The highest BCUT2D eigenvalue weighted by atomic mass is 16.3. The predicted octanol–water partition coefficient (Wildman–Crippen LogP) is 17.8. The average Bonchev–Trinajstić information content (AvgIpc) is 4.12. The molecule has 8 aromatic rings. The molecule has 5 aliphatic rings. The lowest BCUT2D eigenvalue weighted by molar-refractivity contribution is 0.332. The summed E-state index contributed by atoms with van der Waals surface area (Å²) < 4.78 is 7.84. The van der Waals surface area contributed by atoms with Crippen LogP contribution in [0.5, 0.6) is 0 Å². The maximum Gasteiger partial charge on any atom is 0.297 e. The lowest BCUT2D eigenvalue weighted by atomic mass is 9.35. The van der Waals surface area contributed by atoms with Crippen LogP contribution in [-0.2, 0) is 37.9 Å². The quantitative estimate of drug-likeness (QED) is 0.164. The summed E-state index contributed by atoms with van der Waals surface area (Å²) in [6.07, 6.45) is 5.94. The Kier molecular flexibility index (Phi) is 10.1. The Bertz CT molecular complexity index is 3680. The Morgan fingerprint density at radius 3 is 1.52 bits per heavy atom. The van der Waals surface area contributed by atoms with E-state index in [0.717, 1.165) is 24.1 Å². The van der Waals surface area contributed by atoms with E-state index in [4.69, 9.17) is 4.42 Å². The molecular weight excluding hydrogens is 908 g/mol. The highest BCUT2D eigenvalue weighted by Gasteiger charge is 2.55. The molecule has 3 heterocycles. The number of benzene rings is 7. The maximum atomic E-state index is 7.84. The van der Waals surface area contributed by atoms with Crippen LogP contribution in [0.1, 0.15) is 175 Å². The molecule has 1 fully saturated rings. The fourth-order valence-electron chi connectivity index (χ4n) is 14.7. The van der Waals surface area contributed by atoms with Crippen LogP contribution in [0.15, 0.2) is 138 Å². The van der Waals surface area contributed by atoms with Crippen molar-refractivity contribution in [1.82, 2.24) is 0 Å². The van der Waals surface area contributed by atoms with Gasteiger partial charge in [-0.25, -0.2) is 0 Å². The van der Waals surface area contributed by atoms with Crippen molar-refractivity contribution in [1.29, 1.82) is 0 Å². The van der Waals surface area contributed by atoms with Crippen molar-refractivity contribution in [3.63, 3.8) is 0 Å². The number of rotatable bonds is 4. The van der Waals surface area contributed by atoms with Gasteiger partial charge in [-0.05, 0) is 186 Å². The van der Waals surface area contributed by atoms with Crippen LogP contribution >= 0.6 is 0 Å². The third-order valence-electron chi connectivity index (χ3n) is 19.3. The zero-order chi connectivity index (χ0) is 52.7. The van der Waals surface area contributed by atoms with E-state index in [-0.39, 0.29) is 44.6 Å². The molecule has 0 saturated heterocycles. The molecule has 0 radical (unpaired) electrons. The van der Waals surface area contributed by atoms with Gasteiger partial charge in [0.15, 0.2) is 0 Å². The van der Waals surface area contributed by atoms with Gasteiger partial charge in [-0.2, -0.15) is 0 Å². The average molecular weight is 985 g/mol. The van der Waals surface area contributed by atoms with E-state index in [1.54, 1.807) is 0 Å². The first-order valence-corrected chi connectivity index (χ1v) is 28.2. The van der Waals surface area contributed by atoms with Crippen molar-refractivity contribution in [3.05, 3.63) is 172 Å². The summed E-state index contributed by atoms with van der Waals surface area (Å²) in [5.41, 5.74) is 26.8. The fourth-order valence-corrected chi connectivity index (χ4v) is 14.7. The van der Waals surface area contributed by atoms with Crippen LogP contribution in [0.25, 0.3) is 33.2 Å². The Labute approximate surface area is 448 Å². The van der Waals surface area contributed by atoms with E-state index >= 15 is 0 Å². The Morgan fingerprint density at radius 1 is 0.440 bits per heavy atom. The number of anilines is 6. The van der Waals surface area contributed by atoms with Gasteiger partial charge in [0.05, 0.1) is 22.7 Å². The summed E-state index contributed by atoms with van der Waals surface area (Å²) in [5, 5.41) is 1.23. The summed E-state index contributed by atoms with van der Waals surface area (Å²) in [6.45, 7) is 36.1. The van der Waals surface area contributed by atoms with Gasteiger partial charge in [0.25, 0.3) is 6.71 Å². The van der Waals surface area contributed by atoms with Crippen molar-refractivity contribution in [3.8, 4) is 22.3 Å². The molecule has 2 atom stereocenters. The molecule has 2 bridgehead atoms. The van der Waals surface area contributed by atoms with Crippen molar-refractivity contribution < 1.29 is 4.42 Å².